The number of nitrogens with two attached hydrogens (primary N) is 1. The van der Waals surface area contributed by atoms with E-state index in [-0.39, 0.29) is 0 Å². The van der Waals surface area contributed by atoms with Crippen LogP contribution in [0.3, 0.4) is 0 Å². The number of sulfonamides is 1. The minimum atomic E-state index is -4.44. The maximum atomic E-state index is 12.9. The zero-order valence-corrected chi connectivity index (χ0v) is 7.48. The van der Waals surface area contributed by atoms with Crippen LogP contribution in [0.4, 0.5) is 8.78 Å². The molecule has 0 fully saturated rings. The van der Waals surface area contributed by atoms with Crippen LogP contribution < -0.4 is 5.14 Å². The summed E-state index contributed by atoms with van der Waals surface area (Å²) in [7, 11) is -4.44. The molecular weight excluding hydrogens is 214 g/mol. The third-order valence-electron chi connectivity index (χ3n) is 1.46. The SMILES string of the molecule is N#Cc1c(F)ccc(F)c1S(N)(=O)=O. The van der Waals surface area contributed by atoms with E-state index in [2.05, 4.69) is 5.14 Å². The molecule has 7 heteroatoms. The summed E-state index contributed by atoms with van der Waals surface area (Å²) in [6.07, 6.45) is 0. The highest BCUT2D eigenvalue weighted by Gasteiger charge is 2.22. The number of rotatable bonds is 1. The Balaban J connectivity index is 3.74. The second-order valence-corrected chi connectivity index (χ2v) is 3.89. The van der Waals surface area contributed by atoms with Crippen LogP contribution in [0.2, 0.25) is 0 Å². The summed E-state index contributed by atoms with van der Waals surface area (Å²) in [6.45, 7) is 0. The van der Waals surface area contributed by atoms with Gasteiger partial charge in [0.2, 0.25) is 10.0 Å². The van der Waals surface area contributed by atoms with Crippen LogP contribution >= 0.6 is 0 Å². The number of nitriles is 1. The van der Waals surface area contributed by atoms with Gasteiger partial charge >= 0.3 is 0 Å². The van der Waals surface area contributed by atoms with Crippen molar-refractivity contribution >= 4 is 10.0 Å². The smallest absolute Gasteiger partial charge is 0.224 e. The van der Waals surface area contributed by atoms with Crippen molar-refractivity contribution in [3.8, 4) is 6.07 Å². The molecule has 0 amide bonds. The Labute approximate surface area is 78.6 Å². The van der Waals surface area contributed by atoms with Gasteiger partial charge in [-0.15, -0.1) is 0 Å². The zero-order valence-electron chi connectivity index (χ0n) is 6.66. The molecule has 4 nitrogen and oxygen atoms in total. The van der Waals surface area contributed by atoms with Crippen LogP contribution in [0.15, 0.2) is 17.0 Å². The molecule has 1 aromatic carbocycles. The van der Waals surface area contributed by atoms with E-state index in [0.29, 0.717) is 12.1 Å². The van der Waals surface area contributed by atoms with Crippen molar-refractivity contribution in [2.45, 2.75) is 4.90 Å². The van der Waals surface area contributed by atoms with Crippen LogP contribution in [-0.2, 0) is 10.0 Å². The number of halogens is 2. The molecule has 0 spiro atoms. The summed E-state index contributed by atoms with van der Waals surface area (Å²) in [6, 6.07) is 2.49. The quantitative estimate of drug-likeness (QED) is 0.744. The van der Waals surface area contributed by atoms with E-state index in [9.17, 15) is 17.2 Å². The van der Waals surface area contributed by atoms with E-state index in [1.165, 1.54) is 6.07 Å². The first-order valence-electron chi connectivity index (χ1n) is 3.29. The molecule has 0 aliphatic carbocycles. The van der Waals surface area contributed by atoms with E-state index >= 15 is 0 Å². The molecule has 0 aliphatic rings. The minimum Gasteiger partial charge on any atom is -0.224 e. The average molecular weight is 218 g/mol. The first-order valence-corrected chi connectivity index (χ1v) is 4.83. The molecule has 0 atom stereocenters. The van der Waals surface area contributed by atoms with Crippen LogP contribution in [-0.4, -0.2) is 8.42 Å². The van der Waals surface area contributed by atoms with Crippen molar-refractivity contribution in [1.82, 2.24) is 0 Å². The van der Waals surface area contributed by atoms with Gasteiger partial charge in [0.05, 0.1) is 0 Å². The Kier molecular flexibility index (Phi) is 2.51. The second kappa shape index (κ2) is 3.32. The topological polar surface area (TPSA) is 83.9 Å². The van der Waals surface area contributed by atoms with E-state index < -0.39 is 32.1 Å². The number of benzene rings is 1. The molecular formula is C7H4F2N2O2S. The van der Waals surface area contributed by atoms with Gasteiger partial charge in [0, 0.05) is 0 Å². The van der Waals surface area contributed by atoms with Crippen LogP contribution in [0.5, 0.6) is 0 Å². The van der Waals surface area contributed by atoms with E-state index in [1.54, 1.807) is 0 Å². The number of primary sulfonamides is 1. The highest BCUT2D eigenvalue weighted by atomic mass is 32.2. The summed E-state index contributed by atoms with van der Waals surface area (Å²) in [5, 5.41) is 13.0. The van der Waals surface area contributed by atoms with Crippen molar-refractivity contribution in [2.24, 2.45) is 5.14 Å². The van der Waals surface area contributed by atoms with Gasteiger partial charge in [-0.3, -0.25) is 0 Å². The van der Waals surface area contributed by atoms with Crippen molar-refractivity contribution in [3.05, 3.63) is 29.3 Å². The monoisotopic (exact) mass is 218 g/mol. The molecule has 0 saturated carbocycles. The van der Waals surface area contributed by atoms with Gasteiger partial charge in [-0.2, -0.15) is 5.26 Å². The molecule has 1 rings (SSSR count). The number of nitrogens with zero attached hydrogens (tertiary/aromatic N) is 1. The predicted octanol–water partition coefficient (Wildman–Crippen LogP) is 0.484. The Hall–Kier alpha value is -1.52. The molecule has 74 valence electrons. The lowest BCUT2D eigenvalue weighted by molar-refractivity contribution is 0.551. The molecule has 2 N–H and O–H groups in total. The zero-order chi connectivity index (χ0) is 10.9. The fraction of sp³-hybridized carbons (Fsp3) is 0. The highest BCUT2D eigenvalue weighted by Crippen LogP contribution is 2.20. The average Bonchev–Trinajstić information content (AvgIpc) is 2.06. The lowest BCUT2D eigenvalue weighted by atomic mass is 10.2. The highest BCUT2D eigenvalue weighted by molar-refractivity contribution is 7.89. The Bertz CT molecular complexity index is 519. The lowest BCUT2D eigenvalue weighted by Gasteiger charge is -2.02. The molecule has 0 radical (unpaired) electrons. The van der Waals surface area contributed by atoms with E-state index in [1.807, 2.05) is 0 Å². The summed E-state index contributed by atoms with van der Waals surface area (Å²) in [5.41, 5.74) is -0.910. The van der Waals surface area contributed by atoms with Crippen molar-refractivity contribution in [2.75, 3.05) is 0 Å². The van der Waals surface area contributed by atoms with Crippen molar-refractivity contribution in [1.29, 1.82) is 5.26 Å². The van der Waals surface area contributed by atoms with E-state index in [4.69, 9.17) is 5.26 Å². The fourth-order valence-corrected chi connectivity index (χ4v) is 1.68. The van der Waals surface area contributed by atoms with Gasteiger partial charge in [-0.25, -0.2) is 22.3 Å². The van der Waals surface area contributed by atoms with Gasteiger partial charge in [0.25, 0.3) is 0 Å². The molecule has 14 heavy (non-hydrogen) atoms. The van der Waals surface area contributed by atoms with Gasteiger partial charge in [-0.05, 0) is 12.1 Å². The van der Waals surface area contributed by atoms with Crippen molar-refractivity contribution in [3.63, 3.8) is 0 Å². The van der Waals surface area contributed by atoms with Gasteiger partial charge in [0.1, 0.15) is 28.2 Å². The van der Waals surface area contributed by atoms with Gasteiger partial charge in [0.15, 0.2) is 0 Å². The molecule has 1 aromatic rings. The molecule has 0 aliphatic heterocycles. The Morgan fingerprint density at radius 3 is 2.14 bits per heavy atom. The second-order valence-electron chi connectivity index (χ2n) is 2.39. The maximum Gasteiger partial charge on any atom is 0.242 e. The first kappa shape index (κ1) is 10.6. The number of hydrogen-bond donors (Lipinski definition) is 1. The normalized spacial score (nSPS) is 11.0. The standard InChI is InChI=1S/C7H4F2N2O2S/c8-5-1-2-6(9)7(4(5)3-10)14(11,12)13/h1-2H,(H2,11,12,13). The Morgan fingerprint density at radius 2 is 1.79 bits per heavy atom. The summed E-state index contributed by atoms with van der Waals surface area (Å²) in [5.74, 6) is -2.37. The predicted molar refractivity (Wildman–Crippen MR) is 42.4 cm³/mol. The van der Waals surface area contributed by atoms with Crippen LogP contribution in [0, 0.1) is 23.0 Å². The molecule has 0 bridgehead atoms. The third-order valence-corrected chi connectivity index (χ3v) is 2.42. The van der Waals surface area contributed by atoms with Crippen LogP contribution in [0.1, 0.15) is 5.56 Å². The summed E-state index contributed by atoms with van der Waals surface area (Å²) >= 11 is 0. The molecule has 0 heterocycles. The van der Waals surface area contributed by atoms with Gasteiger partial charge in [-0.1, -0.05) is 0 Å². The molecule has 0 unspecified atom stereocenters. The molecule has 0 saturated heterocycles. The Morgan fingerprint density at radius 1 is 1.29 bits per heavy atom. The summed E-state index contributed by atoms with van der Waals surface area (Å²) < 4.78 is 47.4. The fourth-order valence-electron chi connectivity index (χ4n) is 0.916. The first-order chi connectivity index (χ1) is 6.38. The molecule has 0 aromatic heterocycles. The number of hydrogen-bond acceptors (Lipinski definition) is 3. The third kappa shape index (κ3) is 1.71. The summed E-state index contributed by atoms with van der Waals surface area (Å²) in [4.78, 5) is -1.11. The van der Waals surface area contributed by atoms with Crippen LogP contribution in [0.25, 0.3) is 0 Å². The van der Waals surface area contributed by atoms with Crippen molar-refractivity contribution < 1.29 is 17.2 Å². The van der Waals surface area contributed by atoms with Gasteiger partial charge < -0.3 is 0 Å². The maximum absolute atomic E-state index is 12.9. The minimum absolute atomic E-state index is 0.593. The van der Waals surface area contributed by atoms with E-state index in [0.717, 1.165) is 0 Å². The largest absolute Gasteiger partial charge is 0.242 e. The lowest BCUT2D eigenvalue weighted by Crippen LogP contribution is -2.16.